The molecule has 0 aliphatic carbocycles. The standard InChI is InChI=1S/C23H27N5O5S/c1-6-28-22(16-8-10-18(31-3)20(12-16)33-5)26-27-23(28)34-14-21(29)25-24-13-15-7-9-17(30-2)19(11-15)32-4/h7-13H,6,14H2,1-5H3,(H,25,29). The molecule has 0 saturated heterocycles. The van der Waals surface area contributed by atoms with Crippen molar-refractivity contribution in [1.82, 2.24) is 20.2 Å². The van der Waals surface area contributed by atoms with Gasteiger partial charge >= 0.3 is 0 Å². The minimum absolute atomic E-state index is 0.132. The van der Waals surface area contributed by atoms with Crippen LogP contribution in [-0.4, -0.2) is 61.1 Å². The number of aromatic nitrogens is 3. The summed E-state index contributed by atoms with van der Waals surface area (Å²) in [6, 6.07) is 10.9. The minimum Gasteiger partial charge on any atom is -0.493 e. The van der Waals surface area contributed by atoms with Crippen LogP contribution in [-0.2, 0) is 11.3 Å². The highest BCUT2D eigenvalue weighted by molar-refractivity contribution is 7.99. The Morgan fingerprint density at radius 2 is 1.62 bits per heavy atom. The molecule has 0 atom stereocenters. The molecule has 1 heterocycles. The summed E-state index contributed by atoms with van der Waals surface area (Å²) in [6.07, 6.45) is 1.54. The van der Waals surface area contributed by atoms with Gasteiger partial charge in [0, 0.05) is 12.1 Å². The number of methoxy groups -OCH3 is 4. The molecule has 0 spiro atoms. The third-order valence-electron chi connectivity index (χ3n) is 4.82. The van der Waals surface area contributed by atoms with Crippen molar-refractivity contribution in [2.45, 2.75) is 18.6 Å². The van der Waals surface area contributed by atoms with Crippen LogP contribution >= 0.6 is 11.8 Å². The molecule has 3 rings (SSSR count). The van der Waals surface area contributed by atoms with Crippen LogP contribution in [0, 0.1) is 0 Å². The smallest absolute Gasteiger partial charge is 0.250 e. The van der Waals surface area contributed by atoms with Crippen molar-refractivity contribution in [2.75, 3.05) is 34.2 Å². The van der Waals surface area contributed by atoms with Crippen LogP contribution in [0.1, 0.15) is 12.5 Å². The first-order chi connectivity index (χ1) is 16.5. The number of hydrogen-bond donors (Lipinski definition) is 1. The summed E-state index contributed by atoms with van der Waals surface area (Å²) in [6.45, 7) is 2.63. The number of benzene rings is 2. The van der Waals surface area contributed by atoms with Gasteiger partial charge in [0.25, 0.3) is 5.91 Å². The summed E-state index contributed by atoms with van der Waals surface area (Å²) in [5.41, 5.74) is 4.12. The highest BCUT2D eigenvalue weighted by Gasteiger charge is 2.16. The zero-order valence-corrected chi connectivity index (χ0v) is 20.5. The highest BCUT2D eigenvalue weighted by atomic mass is 32.2. The number of carbonyl (C=O) groups is 1. The molecule has 0 unspecified atom stereocenters. The van der Waals surface area contributed by atoms with Gasteiger partial charge in [-0.15, -0.1) is 10.2 Å². The molecule has 0 aliphatic heterocycles. The number of nitrogens with zero attached hydrogens (tertiary/aromatic N) is 4. The molecule has 1 N–H and O–H groups in total. The second kappa shape index (κ2) is 11.9. The molecular weight excluding hydrogens is 458 g/mol. The lowest BCUT2D eigenvalue weighted by molar-refractivity contribution is -0.118. The van der Waals surface area contributed by atoms with Crippen molar-refractivity contribution < 1.29 is 23.7 Å². The predicted octanol–water partition coefficient (Wildman–Crippen LogP) is 3.24. The van der Waals surface area contributed by atoms with Gasteiger partial charge in [0.05, 0.1) is 40.4 Å². The van der Waals surface area contributed by atoms with Gasteiger partial charge in [-0.3, -0.25) is 4.79 Å². The first kappa shape index (κ1) is 24.9. The Morgan fingerprint density at radius 1 is 0.971 bits per heavy atom. The van der Waals surface area contributed by atoms with Crippen LogP contribution in [0.5, 0.6) is 23.0 Å². The quantitative estimate of drug-likeness (QED) is 0.250. The van der Waals surface area contributed by atoms with Gasteiger partial charge < -0.3 is 23.5 Å². The van der Waals surface area contributed by atoms with E-state index in [2.05, 4.69) is 20.7 Å². The zero-order chi connectivity index (χ0) is 24.5. The number of rotatable bonds is 11. The van der Waals surface area contributed by atoms with Gasteiger partial charge in [-0.1, -0.05) is 11.8 Å². The molecule has 1 amide bonds. The maximum absolute atomic E-state index is 12.3. The summed E-state index contributed by atoms with van der Waals surface area (Å²) in [5, 5.41) is 13.2. The van der Waals surface area contributed by atoms with Crippen LogP contribution in [0.15, 0.2) is 46.7 Å². The topological polar surface area (TPSA) is 109 Å². The van der Waals surface area contributed by atoms with Crippen LogP contribution in [0.2, 0.25) is 0 Å². The molecule has 0 aliphatic rings. The average molecular weight is 486 g/mol. The van der Waals surface area contributed by atoms with E-state index in [1.165, 1.54) is 18.0 Å². The number of ether oxygens (including phenoxy) is 4. The van der Waals surface area contributed by atoms with E-state index in [4.69, 9.17) is 18.9 Å². The largest absolute Gasteiger partial charge is 0.493 e. The first-order valence-corrected chi connectivity index (χ1v) is 11.3. The first-order valence-electron chi connectivity index (χ1n) is 10.4. The highest BCUT2D eigenvalue weighted by Crippen LogP contribution is 2.33. The summed E-state index contributed by atoms with van der Waals surface area (Å²) < 4.78 is 23.1. The van der Waals surface area contributed by atoms with Crippen molar-refractivity contribution in [3.8, 4) is 34.4 Å². The third-order valence-corrected chi connectivity index (χ3v) is 5.78. The Bertz CT molecular complexity index is 1160. The van der Waals surface area contributed by atoms with E-state index in [1.807, 2.05) is 35.8 Å². The number of thioether (sulfide) groups is 1. The summed E-state index contributed by atoms with van der Waals surface area (Å²) in [7, 11) is 6.30. The minimum atomic E-state index is -0.264. The average Bonchev–Trinajstić information content (AvgIpc) is 3.29. The maximum atomic E-state index is 12.3. The summed E-state index contributed by atoms with van der Waals surface area (Å²) >= 11 is 1.28. The Balaban J connectivity index is 1.63. The zero-order valence-electron chi connectivity index (χ0n) is 19.7. The van der Waals surface area contributed by atoms with E-state index in [0.29, 0.717) is 40.5 Å². The van der Waals surface area contributed by atoms with Gasteiger partial charge in [0.2, 0.25) is 0 Å². The molecule has 0 bridgehead atoms. The van der Waals surface area contributed by atoms with E-state index < -0.39 is 0 Å². The van der Waals surface area contributed by atoms with E-state index in [0.717, 1.165) is 11.1 Å². The van der Waals surface area contributed by atoms with Crippen molar-refractivity contribution in [3.05, 3.63) is 42.0 Å². The lowest BCUT2D eigenvalue weighted by Crippen LogP contribution is -2.20. The van der Waals surface area contributed by atoms with Crippen molar-refractivity contribution in [3.63, 3.8) is 0 Å². The maximum Gasteiger partial charge on any atom is 0.250 e. The van der Waals surface area contributed by atoms with Gasteiger partial charge in [0.1, 0.15) is 0 Å². The third kappa shape index (κ3) is 5.79. The lowest BCUT2D eigenvalue weighted by Gasteiger charge is -2.10. The van der Waals surface area contributed by atoms with Crippen LogP contribution in [0.3, 0.4) is 0 Å². The van der Waals surface area contributed by atoms with E-state index >= 15 is 0 Å². The second-order valence-electron chi connectivity index (χ2n) is 6.82. The monoisotopic (exact) mass is 485 g/mol. The fourth-order valence-corrected chi connectivity index (χ4v) is 3.94. The molecule has 2 aromatic carbocycles. The molecule has 0 radical (unpaired) electrons. The van der Waals surface area contributed by atoms with Crippen molar-refractivity contribution in [1.29, 1.82) is 0 Å². The Labute approximate surface area is 202 Å². The second-order valence-corrected chi connectivity index (χ2v) is 7.76. The van der Waals surface area contributed by atoms with Crippen LogP contribution in [0.25, 0.3) is 11.4 Å². The molecule has 0 fully saturated rings. The van der Waals surface area contributed by atoms with E-state index in [-0.39, 0.29) is 11.7 Å². The molecule has 0 saturated carbocycles. The molecular formula is C23H27N5O5S. The van der Waals surface area contributed by atoms with Crippen LogP contribution in [0.4, 0.5) is 0 Å². The van der Waals surface area contributed by atoms with Gasteiger partial charge in [-0.2, -0.15) is 5.10 Å². The Morgan fingerprint density at radius 3 is 2.26 bits per heavy atom. The van der Waals surface area contributed by atoms with Crippen LogP contribution < -0.4 is 24.4 Å². The number of hydrazone groups is 1. The number of hydrogen-bond acceptors (Lipinski definition) is 9. The molecule has 1 aromatic heterocycles. The summed E-state index contributed by atoms with van der Waals surface area (Å²) in [5.74, 6) is 2.98. The van der Waals surface area contributed by atoms with E-state index in [9.17, 15) is 4.79 Å². The molecule has 180 valence electrons. The molecule has 11 heteroatoms. The Kier molecular flexibility index (Phi) is 8.74. The lowest BCUT2D eigenvalue weighted by atomic mass is 10.2. The molecule has 10 nitrogen and oxygen atoms in total. The van der Waals surface area contributed by atoms with Gasteiger partial charge in [-0.25, -0.2) is 5.43 Å². The molecule has 34 heavy (non-hydrogen) atoms. The molecule has 3 aromatic rings. The Hall–Kier alpha value is -3.73. The van der Waals surface area contributed by atoms with E-state index in [1.54, 1.807) is 40.6 Å². The fraction of sp³-hybridized carbons (Fsp3) is 0.304. The number of amides is 1. The SMILES string of the molecule is CCn1c(SCC(=O)NN=Cc2ccc(OC)c(OC)c2)nnc1-c1ccc(OC)c(OC)c1. The normalized spacial score (nSPS) is 10.9. The fourth-order valence-electron chi connectivity index (χ4n) is 3.14. The predicted molar refractivity (Wildman–Crippen MR) is 130 cm³/mol. The van der Waals surface area contributed by atoms with Crippen molar-refractivity contribution in [2.24, 2.45) is 5.10 Å². The number of carbonyl (C=O) groups excluding carboxylic acids is 1. The van der Waals surface area contributed by atoms with Gasteiger partial charge in [0.15, 0.2) is 34.0 Å². The number of nitrogens with one attached hydrogen (secondary N) is 1. The van der Waals surface area contributed by atoms with Gasteiger partial charge in [-0.05, 0) is 48.9 Å². The summed E-state index contributed by atoms with van der Waals surface area (Å²) in [4.78, 5) is 12.3. The van der Waals surface area contributed by atoms with Crippen molar-refractivity contribution >= 4 is 23.9 Å².